The van der Waals surface area contributed by atoms with Gasteiger partial charge in [0.05, 0.1) is 0 Å². The number of carbonyl (C=O) groups is 2. The van der Waals surface area contributed by atoms with Gasteiger partial charge >= 0.3 is 0 Å². The molecule has 0 spiro atoms. The second-order valence-electron chi connectivity index (χ2n) is 5.75. The fourth-order valence-electron chi connectivity index (χ4n) is 2.54. The monoisotopic (exact) mass is 289 g/mol. The van der Waals surface area contributed by atoms with Crippen molar-refractivity contribution >= 4 is 11.8 Å². The Bertz CT molecular complexity index is 528. The van der Waals surface area contributed by atoms with Gasteiger partial charge in [0.1, 0.15) is 0 Å². The van der Waals surface area contributed by atoms with E-state index in [1.54, 1.807) is 38.4 Å². The number of rotatable bonds is 3. The molecule has 0 aliphatic carbocycles. The number of nitrogens with zero attached hydrogens (tertiary/aromatic N) is 1. The van der Waals surface area contributed by atoms with Crippen LogP contribution in [0, 0.1) is 0 Å². The highest BCUT2D eigenvalue weighted by molar-refractivity contribution is 5.99. The fraction of sp³-hybridized carbons (Fsp3) is 0.500. The zero-order valence-corrected chi connectivity index (χ0v) is 12.8. The Hall–Kier alpha value is -1.88. The minimum absolute atomic E-state index is 0.0997. The lowest BCUT2D eigenvalue weighted by Crippen LogP contribution is -2.51. The van der Waals surface area contributed by atoms with Gasteiger partial charge in [-0.3, -0.25) is 9.59 Å². The summed E-state index contributed by atoms with van der Waals surface area (Å²) in [6.45, 7) is 3.08. The van der Waals surface area contributed by atoms with Crippen LogP contribution in [0.15, 0.2) is 24.3 Å². The van der Waals surface area contributed by atoms with Crippen molar-refractivity contribution in [2.24, 2.45) is 0 Å². The molecule has 2 unspecified atom stereocenters. The van der Waals surface area contributed by atoms with Crippen LogP contribution >= 0.6 is 0 Å². The molecule has 1 fully saturated rings. The Balaban J connectivity index is 2.08. The summed E-state index contributed by atoms with van der Waals surface area (Å²) in [5, 5.41) is 6.41. The van der Waals surface area contributed by atoms with Gasteiger partial charge in [0, 0.05) is 37.3 Å². The summed E-state index contributed by atoms with van der Waals surface area (Å²) in [5.41, 5.74) is 1.06. The molecule has 0 saturated carbocycles. The number of nitrogens with one attached hydrogen (secondary N) is 2. The summed E-state index contributed by atoms with van der Waals surface area (Å²) in [4.78, 5) is 25.8. The van der Waals surface area contributed by atoms with Gasteiger partial charge in [-0.25, -0.2) is 0 Å². The van der Waals surface area contributed by atoms with Crippen molar-refractivity contribution < 1.29 is 9.59 Å². The van der Waals surface area contributed by atoms with Gasteiger partial charge in [-0.2, -0.15) is 0 Å². The molecular weight excluding hydrogens is 266 g/mol. The third-order valence-electron chi connectivity index (χ3n) is 3.86. The van der Waals surface area contributed by atoms with Gasteiger partial charge in [-0.1, -0.05) is 6.07 Å². The Morgan fingerprint density at radius 3 is 2.67 bits per heavy atom. The topological polar surface area (TPSA) is 61.4 Å². The largest absolute Gasteiger partial charge is 0.348 e. The average Bonchev–Trinajstić information content (AvgIpc) is 2.48. The molecule has 1 heterocycles. The van der Waals surface area contributed by atoms with Crippen LogP contribution in [0.5, 0.6) is 0 Å². The van der Waals surface area contributed by atoms with E-state index >= 15 is 0 Å². The van der Waals surface area contributed by atoms with Gasteiger partial charge in [0.2, 0.25) is 0 Å². The second kappa shape index (κ2) is 6.72. The first-order valence-corrected chi connectivity index (χ1v) is 7.35. The standard InChI is InChI=1S/C16H23N3O2/c1-11-14(8-5-9-17-11)18-15(20)12-6-4-7-13(10-12)16(21)19(2)3/h4,6-7,10-11,14,17H,5,8-9H2,1-3H3,(H,18,20). The third-order valence-corrected chi connectivity index (χ3v) is 3.86. The lowest BCUT2D eigenvalue weighted by atomic mass is 9.99. The highest BCUT2D eigenvalue weighted by atomic mass is 16.2. The predicted molar refractivity (Wildman–Crippen MR) is 82.4 cm³/mol. The third kappa shape index (κ3) is 3.82. The van der Waals surface area contributed by atoms with Crippen LogP contribution < -0.4 is 10.6 Å². The van der Waals surface area contributed by atoms with Crippen LogP contribution in [-0.2, 0) is 0 Å². The molecule has 1 aromatic carbocycles. The maximum atomic E-state index is 12.3. The van der Waals surface area contributed by atoms with Crippen molar-refractivity contribution in [3.05, 3.63) is 35.4 Å². The predicted octanol–water partition coefficient (Wildman–Crippen LogP) is 1.26. The Kier molecular flexibility index (Phi) is 4.96. The summed E-state index contributed by atoms with van der Waals surface area (Å²) in [6, 6.07) is 7.27. The van der Waals surface area contributed by atoms with Crippen LogP contribution in [0.4, 0.5) is 0 Å². The van der Waals surface area contributed by atoms with Crippen molar-refractivity contribution in [1.82, 2.24) is 15.5 Å². The van der Waals surface area contributed by atoms with E-state index in [0.717, 1.165) is 19.4 Å². The molecule has 2 amide bonds. The highest BCUT2D eigenvalue weighted by Crippen LogP contribution is 2.11. The van der Waals surface area contributed by atoms with Gasteiger partial charge in [0.15, 0.2) is 0 Å². The molecule has 2 atom stereocenters. The van der Waals surface area contributed by atoms with Crippen molar-refractivity contribution in [3.8, 4) is 0 Å². The maximum Gasteiger partial charge on any atom is 0.253 e. The van der Waals surface area contributed by atoms with Crippen molar-refractivity contribution in [2.45, 2.75) is 31.8 Å². The highest BCUT2D eigenvalue weighted by Gasteiger charge is 2.23. The van der Waals surface area contributed by atoms with Crippen molar-refractivity contribution in [3.63, 3.8) is 0 Å². The van der Waals surface area contributed by atoms with Gasteiger partial charge in [0.25, 0.3) is 11.8 Å². The summed E-state index contributed by atoms with van der Waals surface area (Å²) in [7, 11) is 3.40. The SMILES string of the molecule is CC1NCCCC1NC(=O)c1cccc(C(=O)N(C)C)c1. The molecule has 0 aromatic heterocycles. The Labute approximate surface area is 125 Å². The number of carbonyl (C=O) groups excluding carboxylic acids is 2. The molecule has 0 bridgehead atoms. The van der Waals surface area contributed by atoms with Gasteiger partial charge < -0.3 is 15.5 Å². The fourth-order valence-corrected chi connectivity index (χ4v) is 2.54. The van der Waals surface area contributed by atoms with E-state index < -0.39 is 0 Å². The molecule has 1 aromatic rings. The van der Waals surface area contributed by atoms with E-state index in [4.69, 9.17) is 0 Å². The van der Waals surface area contributed by atoms with E-state index in [-0.39, 0.29) is 23.9 Å². The van der Waals surface area contributed by atoms with Crippen LogP contribution in [0.1, 0.15) is 40.5 Å². The smallest absolute Gasteiger partial charge is 0.253 e. The summed E-state index contributed by atoms with van der Waals surface area (Å²) < 4.78 is 0. The molecule has 1 aliphatic heterocycles. The molecule has 1 saturated heterocycles. The normalized spacial score (nSPS) is 21.7. The molecule has 5 nitrogen and oxygen atoms in total. The lowest BCUT2D eigenvalue weighted by Gasteiger charge is -2.30. The minimum atomic E-state index is -0.121. The van der Waals surface area contributed by atoms with Crippen LogP contribution in [0.25, 0.3) is 0 Å². The second-order valence-corrected chi connectivity index (χ2v) is 5.75. The Morgan fingerprint density at radius 2 is 2.00 bits per heavy atom. The minimum Gasteiger partial charge on any atom is -0.348 e. The zero-order valence-electron chi connectivity index (χ0n) is 12.8. The molecule has 2 rings (SSSR count). The van der Waals surface area contributed by atoms with Crippen LogP contribution in [-0.4, -0.2) is 49.4 Å². The molecule has 114 valence electrons. The number of piperidine rings is 1. The number of benzene rings is 1. The number of hydrogen-bond acceptors (Lipinski definition) is 3. The summed E-state index contributed by atoms with van der Waals surface area (Å²) >= 11 is 0. The van der Waals surface area contributed by atoms with Gasteiger partial charge in [-0.15, -0.1) is 0 Å². The van der Waals surface area contributed by atoms with E-state index in [1.807, 2.05) is 0 Å². The summed E-state index contributed by atoms with van der Waals surface area (Å²) in [5.74, 6) is -0.221. The quantitative estimate of drug-likeness (QED) is 0.880. The van der Waals surface area contributed by atoms with E-state index in [0.29, 0.717) is 11.1 Å². The van der Waals surface area contributed by atoms with Crippen molar-refractivity contribution in [1.29, 1.82) is 0 Å². The van der Waals surface area contributed by atoms with Crippen molar-refractivity contribution in [2.75, 3.05) is 20.6 Å². The number of hydrogen-bond donors (Lipinski definition) is 2. The van der Waals surface area contributed by atoms with Gasteiger partial charge in [-0.05, 0) is 44.5 Å². The van der Waals surface area contributed by atoms with E-state index in [9.17, 15) is 9.59 Å². The molecule has 2 N–H and O–H groups in total. The molecule has 1 aliphatic rings. The first-order valence-electron chi connectivity index (χ1n) is 7.35. The van der Waals surface area contributed by atoms with Crippen LogP contribution in [0.3, 0.4) is 0 Å². The molecule has 0 radical (unpaired) electrons. The molecule has 5 heteroatoms. The average molecular weight is 289 g/mol. The maximum absolute atomic E-state index is 12.3. The van der Waals surface area contributed by atoms with Crippen LogP contribution in [0.2, 0.25) is 0 Å². The van der Waals surface area contributed by atoms with E-state index in [2.05, 4.69) is 17.6 Å². The molecular formula is C16H23N3O2. The number of amides is 2. The Morgan fingerprint density at radius 1 is 1.29 bits per heavy atom. The van der Waals surface area contributed by atoms with E-state index in [1.165, 1.54) is 4.90 Å². The first kappa shape index (κ1) is 15.5. The summed E-state index contributed by atoms with van der Waals surface area (Å²) in [6.07, 6.45) is 2.05. The zero-order chi connectivity index (χ0) is 15.4. The first-order chi connectivity index (χ1) is 9.99. The lowest BCUT2D eigenvalue weighted by molar-refractivity contribution is 0.0827. The molecule has 21 heavy (non-hydrogen) atoms.